The number of rotatable bonds is 5. The maximum absolute atomic E-state index is 12.9. The van der Waals surface area contributed by atoms with E-state index in [-0.39, 0.29) is 4.90 Å². The topological polar surface area (TPSA) is 58.6 Å². The van der Waals surface area contributed by atoms with Crippen molar-refractivity contribution in [3.05, 3.63) is 60.7 Å². The summed E-state index contributed by atoms with van der Waals surface area (Å²) >= 11 is 0. The van der Waals surface area contributed by atoms with Gasteiger partial charge in [-0.2, -0.15) is 0 Å². The third kappa shape index (κ3) is 3.39. The maximum atomic E-state index is 12.9. The molecule has 0 fully saturated rings. The number of nitrogens with one attached hydrogen (secondary N) is 1. The smallest absolute Gasteiger partial charge is 0.262 e. The monoisotopic (exact) mass is 356 g/mol. The zero-order chi connectivity index (χ0) is 18.0. The van der Waals surface area contributed by atoms with E-state index in [1.165, 1.54) is 0 Å². The van der Waals surface area contributed by atoms with Crippen LogP contribution < -0.4 is 14.4 Å². The normalized spacial score (nSPS) is 11.3. The first-order chi connectivity index (χ1) is 11.9. The van der Waals surface area contributed by atoms with Gasteiger partial charge in [-0.25, -0.2) is 8.42 Å². The lowest BCUT2D eigenvalue weighted by molar-refractivity contribution is 0.415. The summed E-state index contributed by atoms with van der Waals surface area (Å²) in [5.41, 5.74) is 1.43. The van der Waals surface area contributed by atoms with Gasteiger partial charge in [0.15, 0.2) is 0 Å². The molecule has 0 aliphatic rings. The standard InChI is InChI=1S/C19H20N2O3S/c1-21(2)18-11-5-10-17-16(18)9-6-12-19(17)25(22,23)20-14-7-4-8-15(13-14)24-3/h4-13,20H,1-3H3. The summed E-state index contributed by atoms with van der Waals surface area (Å²) in [6, 6.07) is 17.8. The minimum absolute atomic E-state index is 0.247. The Morgan fingerprint density at radius 3 is 2.32 bits per heavy atom. The summed E-state index contributed by atoms with van der Waals surface area (Å²) in [5, 5.41) is 1.57. The molecule has 130 valence electrons. The highest BCUT2D eigenvalue weighted by molar-refractivity contribution is 7.93. The molecule has 0 unspecified atom stereocenters. The van der Waals surface area contributed by atoms with Gasteiger partial charge < -0.3 is 9.64 Å². The van der Waals surface area contributed by atoms with E-state index in [0.29, 0.717) is 16.8 Å². The first-order valence-electron chi connectivity index (χ1n) is 7.78. The Morgan fingerprint density at radius 1 is 0.920 bits per heavy atom. The highest BCUT2D eigenvalue weighted by atomic mass is 32.2. The van der Waals surface area contributed by atoms with Crippen molar-refractivity contribution in [1.29, 1.82) is 0 Å². The number of nitrogens with zero attached hydrogens (tertiary/aromatic N) is 1. The van der Waals surface area contributed by atoms with Gasteiger partial charge >= 0.3 is 0 Å². The summed E-state index contributed by atoms with van der Waals surface area (Å²) < 4.78 is 33.6. The fourth-order valence-electron chi connectivity index (χ4n) is 2.79. The molecule has 1 N–H and O–H groups in total. The van der Waals surface area contributed by atoms with E-state index >= 15 is 0 Å². The van der Waals surface area contributed by atoms with Gasteiger partial charge in [0.2, 0.25) is 0 Å². The van der Waals surface area contributed by atoms with Gasteiger partial charge in [-0.05, 0) is 24.3 Å². The molecule has 0 bridgehead atoms. The van der Waals surface area contributed by atoms with Crippen molar-refractivity contribution in [2.24, 2.45) is 0 Å². The molecule has 0 heterocycles. The van der Waals surface area contributed by atoms with Gasteiger partial charge in [0.1, 0.15) is 5.75 Å². The molecular weight excluding hydrogens is 336 g/mol. The predicted octanol–water partition coefficient (Wildman–Crippen LogP) is 3.72. The summed E-state index contributed by atoms with van der Waals surface area (Å²) in [6.45, 7) is 0. The van der Waals surface area contributed by atoms with Crippen LogP contribution in [-0.4, -0.2) is 29.6 Å². The van der Waals surface area contributed by atoms with Crippen molar-refractivity contribution in [3.8, 4) is 5.75 Å². The lowest BCUT2D eigenvalue weighted by Gasteiger charge is -2.17. The lowest BCUT2D eigenvalue weighted by Crippen LogP contribution is -2.14. The summed E-state index contributed by atoms with van der Waals surface area (Å²) in [4.78, 5) is 2.21. The van der Waals surface area contributed by atoms with E-state index in [4.69, 9.17) is 4.74 Å². The second-order valence-corrected chi connectivity index (χ2v) is 7.51. The molecule has 0 aliphatic carbocycles. The Labute approximate surface area is 147 Å². The number of sulfonamides is 1. The van der Waals surface area contributed by atoms with Crippen LogP contribution >= 0.6 is 0 Å². The zero-order valence-corrected chi connectivity index (χ0v) is 15.2. The SMILES string of the molecule is COc1cccc(NS(=O)(=O)c2cccc3c(N(C)C)cccc23)c1. The first-order valence-corrected chi connectivity index (χ1v) is 9.26. The fourth-order valence-corrected chi connectivity index (χ4v) is 4.06. The number of anilines is 2. The molecule has 0 amide bonds. The number of hydrogen-bond donors (Lipinski definition) is 1. The zero-order valence-electron chi connectivity index (χ0n) is 14.4. The molecule has 0 aromatic heterocycles. The molecule has 0 atom stereocenters. The van der Waals surface area contributed by atoms with Crippen LogP contribution in [0.4, 0.5) is 11.4 Å². The van der Waals surface area contributed by atoms with Crippen LogP contribution in [0, 0.1) is 0 Å². The minimum atomic E-state index is -3.73. The average molecular weight is 356 g/mol. The molecule has 25 heavy (non-hydrogen) atoms. The van der Waals surface area contributed by atoms with Crippen molar-refractivity contribution >= 4 is 32.2 Å². The minimum Gasteiger partial charge on any atom is -0.497 e. The molecule has 0 spiro atoms. The Hall–Kier alpha value is -2.73. The van der Waals surface area contributed by atoms with Crippen LogP contribution in [0.3, 0.4) is 0 Å². The molecule has 3 aromatic carbocycles. The second-order valence-electron chi connectivity index (χ2n) is 5.86. The van der Waals surface area contributed by atoms with Crippen molar-refractivity contribution in [2.75, 3.05) is 30.8 Å². The van der Waals surface area contributed by atoms with E-state index < -0.39 is 10.0 Å². The van der Waals surface area contributed by atoms with Crippen LogP contribution in [-0.2, 0) is 10.0 Å². The molecule has 0 saturated heterocycles. The highest BCUT2D eigenvalue weighted by Crippen LogP contribution is 2.31. The number of ether oxygens (including phenoxy) is 1. The molecule has 0 radical (unpaired) electrons. The largest absolute Gasteiger partial charge is 0.497 e. The highest BCUT2D eigenvalue weighted by Gasteiger charge is 2.18. The van der Waals surface area contributed by atoms with E-state index in [1.807, 2.05) is 43.3 Å². The van der Waals surface area contributed by atoms with Gasteiger partial charge in [0.05, 0.1) is 17.7 Å². The molecule has 3 aromatic rings. The van der Waals surface area contributed by atoms with Crippen LogP contribution in [0.2, 0.25) is 0 Å². The van der Waals surface area contributed by atoms with Gasteiger partial charge in [0, 0.05) is 36.6 Å². The van der Waals surface area contributed by atoms with Crippen LogP contribution in [0.15, 0.2) is 65.6 Å². The Morgan fingerprint density at radius 2 is 1.60 bits per heavy atom. The van der Waals surface area contributed by atoms with Gasteiger partial charge in [0.25, 0.3) is 10.0 Å². The third-order valence-electron chi connectivity index (χ3n) is 3.95. The fraction of sp³-hybridized carbons (Fsp3) is 0.158. The predicted molar refractivity (Wildman–Crippen MR) is 102 cm³/mol. The number of hydrogen-bond acceptors (Lipinski definition) is 4. The van der Waals surface area contributed by atoms with Crippen LogP contribution in [0.1, 0.15) is 0 Å². The van der Waals surface area contributed by atoms with Crippen molar-refractivity contribution < 1.29 is 13.2 Å². The van der Waals surface area contributed by atoms with Crippen molar-refractivity contribution in [2.45, 2.75) is 4.90 Å². The van der Waals surface area contributed by atoms with Gasteiger partial charge in [-0.15, -0.1) is 0 Å². The third-order valence-corrected chi connectivity index (χ3v) is 5.39. The van der Waals surface area contributed by atoms with Crippen LogP contribution in [0.25, 0.3) is 10.8 Å². The maximum Gasteiger partial charge on any atom is 0.262 e. The average Bonchev–Trinajstić information content (AvgIpc) is 2.60. The molecule has 0 saturated carbocycles. The van der Waals surface area contributed by atoms with Gasteiger partial charge in [-0.1, -0.05) is 30.3 Å². The van der Waals surface area contributed by atoms with E-state index in [2.05, 4.69) is 4.72 Å². The van der Waals surface area contributed by atoms with E-state index in [9.17, 15) is 8.42 Å². The Kier molecular flexibility index (Phi) is 4.55. The molecule has 3 rings (SSSR count). The summed E-state index contributed by atoms with van der Waals surface area (Å²) in [6.07, 6.45) is 0. The number of fused-ring (bicyclic) bond motifs is 1. The molecular formula is C19H20N2O3S. The quantitative estimate of drug-likeness (QED) is 0.757. The first kappa shape index (κ1) is 17.1. The van der Waals surface area contributed by atoms with Gasteiger partial charge in [-0.3, -0.25) is 4.72 Å². The number of benzene rings is 3. The van der Waals surface area contributed by atoms with Crippen molar-refractivity contribution in [3.63, 3.8) is 0 Å². The summed E-state index contributed by atoms with van der Waals surface area (Å²) in [5.74, 6) is 0.591. The Balaban J connectivity index is 2.10. The number of methoxy groups -OCH3 is 1. The van der Waals surface area contributed by atoms with Crippen LogP contribution in [0.5, 0.6) is 5.75 Å². The summed E-state index contributed by atoms with van der Waals surface area (Å²) in [7, 11) is 1.68. The lowest BCUT2D eigenvalue weighted by atomic mass is 10.1. The molecule has 0 aliphatic heterocycles. The van der Waals surface area contributed by atoms with E-state index in [0.717, 1.165) is 11.1 Å². The Bertz CT molecular complexity index is 1010. The van der Waals surface area contributed by atoms with E-state index in [1.54, 1.807) is 43.5 Å². The molecule has 6 heteroatoms. The molecule has 5 nitrogen and oxygen atoms in total. The second kappa shape index (κ2) is 6.64. The van der Waals surface area contributed by atoms with Crippen molar-refractivity contribution in [1.82, 2.24) is 0 Å².